The first kappa shape index (κ1) is 12.6. The Bertz CT molecular complexity index is 657. The van der Waals surface area contributed by atoms with Gasteiger partial charge in [0.05, 0.1) is 11.9 Å². The van der Waals surface area contributed by atoms with Crippen LogP contribution in [-0.4, -0.2) is 18.2 Å². The topological polar surface area (TPSA) is 64.0 Å². The molecule has 0 aliphatic rings. The van der Waals surface area contributed by atoms with Gasteiger partial charge in [-0.1, -0.05) is 17.7 Å². The number of nitrogens with one attached hydrogen (secondary N) is 1. The summed E-state index contributed by atoms with van der Waals surface area (Å²) in [6.45, 7) is 3.67. The van der Waals surface area contributed by atoms with Crippen LogP contribution in [0.25, 0.3) is 0 Å². The summed E-state index contributed by atoms with van der Waals surface area (Å²) in [6, 6.07) is 7.18. The van der Waals surface area contributed by atoms with E-state index >= 15 is 0 Å². The van der Waals surface area contributed by atoms with Crippen molar-refractivity contribution >= 4 is 15.7 Å². The second-order valence-corrected chi connectivity index (χ2v) is 5.84. The molecule has 0 aliphatic heterocycles. The van der Waals surface area contributed by atoms with Crippen LogP contribution < -0.4 is 4.72 Å². The summed E-state index contributed by atoms with van der Waals surface area (Å²) in [5, 5.41) is 3.94. The minimum atomic E-state index is -3.57. The summed E-state index contributed by atoms with van der Waals surface area (Å²) in [4.78, 5) is 0.200. The number of anilines is 1. The van der Waals surface area contributed by atoms with Crippen LogP contribution in [-0.2, 0) is 17.1 Å². The molecule has 2 aromatic rings. The third kappa shape index (κ3) is 2.38. The number of aryl methyl sites for hydroxylation is 2. The lowest BCUT2D eigenvalue weighted by molar-refractivity contribution is 0.600. The molecule has 1 aromatic heterocycles. The third-order valence-electron chi connectivity index (χ3n) is 2.78. The van der Waals surface area contributed by atoms with Gasteiger partial charge in [-0.3, -0.25) is 9.40 Å². The maximum absolute atomic E-state index is 12.2. The summed E-state index contributed by atoms with van der Waals surface area (Å²) in [5.41, 5.74) is 2.23. The van der Waals surface area contributed by atoms with E-state index in [0.29, 0.717) is 11.4 Å². The minimum Gasteiger partial charge on any atom is -0.280 e. The van der Waals surface area contributed by atoms with Crippen molar-refractivity contribution in [3.63, 3.8) is 0 Å². The van der Waals surface area contributed by atoms with Crippen LogP contribution in [0.2, 0.25) is 0 Å². The summed E-state index contributed by atoms with van der Waals surface area (Å²) < 4.78 is 28.4. The van der Waals surface area contributed by atoms with Gasteiger partial charge in [0.25, 0.3) is 10.0 Å². The molecule has 1 aromatic carbocycles. The van der Waals surface area contributed by atoms with E-state index in [0.717, 1.165) is 5.56 Å². The number of nitrogens with zero attached hydrogens (tertiary/aromatic N) is 2. The van der Waals surface area contributed by atoms with Gasteiger partial charge in [-0.15, -0.1) is 0 Å². The highest BCUT2D eigenvalue weighted by atomic mass is 32.2. The molecule has 96 valence electrons. The number of sulfonamides is 1. The van der Waals surface area contributed by atoms with Crippen LogP contribution in [0.1, 0.15) is 11.3 Å². The van der Waals surface area contributed by atoms with E-state index in [4.69, 9.17) is 0 Å². The van der Waals surface area contributed by atoms with Gasteiger partial charge < -0.3 is 0 Å². The number of benzene rings is 1. The van der Waals surface area contributed by atoms with Gasteiger partial charge in [0, 0.05) is 12.7 Å². The second kappa shape index (κ2) is 4.45. The maximum atomic E-state index is 12.2. The largest absolute Gasteiger partial charge is 0.280 e. The maximum Gasteiger partial charge on any atom is 0.265 e. The molecule has 18 heavy (non-hydrogen) atoms. The fraction of sp³-hybridized carbons (Fsp3) is 0.250. The lowest BCUT2D eigenvalue weighted by atomic mass is 10.2. The zero-order valence-corrected chi connectivity index (χ0v) is 11.3. The molecule has 0 bridgehead atoms. The number of hydrogen-bond donors (Lipinski definition) is 1. The lowest BCUT2D eigenvalue weighted by Gasteiger charge is -2.07. The predicted molar refractivity (Wildman–Crippen MR) is 69.9 cm³/mol. The molecule has 0 saturated carbocycles. The highest BCUT2D eigenvalue weighted by Gasteiger charge is 2.19. The van der Waals surface area contributed by atoms with Gasteiger partial charge in [0.1, 0.15) is 4.90 Å². The van der Waals surface area contributed by atoms with E-state index < -0.39 is 10.0 Å². The molecule has 0 saturated heterocycles. The van der Waals surface area contributed by atoms with Crippen LogP contribution in [0.5, 0.6) is 0 Å². The SMILES string of the molecule is Cc1ccc(NS(=O)(=O)c2cnn(C)c2C)cc1. The van der Waals surface area contributed by atoms with Crippen molar-refractivity contribution < 1.29 is 8.42 Å². The Kier molecular flexibility index (Phi) is 3.13. The molecule has 0 spiro atoms. The van der Waals surface area contributed by atoms with Crippen molar-refractivity contribution in [2.45, 2.75) is 18.7 Å². The fourth-order valence-electron chi connectivity index (χ4n) is 1.57. The van der Waals surface area contributed by atoms with Crippen LogP contribution in [0.3, 0.4) is 0 Å². The number of hydrogen-bond acceptors (Lipinski definition) is 3. The third-order valence-corrected chi connectivity index (χ3v) is 4.27. The normalized spacial score (nSPS) is 11.5. The molecule has 5 nitrogen and oxygen atoms in total. The smallest absolute Gasteiger partial charge is 0.265 e. The van der Waals surface area contributed by atoms with Crippen molar-refractivity contribution in [2.75, 3.05) is 4.72 Å². The van der Waals surface area contributed by atoms with Crippen LogP contribution in [0, 0.1) is 13.8 Å². The van der Waals surface area contributed by atoms with E-state index in [1.54, 1.807) is 26.1 Å². The summed E-state index contributed by atoms with van der Waals surface area (Å²) in [7, 11) is -1.86. The van der Waals surface area contributed by atoms with Gasteiger partial charge in [-0.25, -0.2) is 8.42 Å². The van der Waals surface area contributed by atoms with Crippen molar-refractivity contribution in [2.24, 2.45) is 7.05 Å². The minimum absolute atomic E-state index is 0.200. The van der Waals surface area contributed by atoms with Crippen LogP contribution >= 0.6 is 0 Å². The molecule has 0 atom stereocenters. The zero-order valence-electron chi connectivity index (χ0n) is 10.5. The first-order valence-electron chi connectivity index (χ1n) is 5.48. The van der Waals surface area contributed by atoms with E-state index in [2.05, 4.69) is 9.82 Å². The Morgan fingerprint density at radius 1 is 1.17 bits per heavy atom. The Morgan fingerprint density at radius 3 is 2.28 bits per heavy atom. The zero-order chi connectivity index (χ0) is 13.3. The average Bonchev–Trinajstić information content (AvgIpc) is 2.63. The number of aromatic nitrogens is 2. The summed E-state index contributed by atoms with van der Waals surface area (Å²) in [5.74, 6) is 0. The van der Waals surface area contributed by atoms with Crippen molar-refractivity contribution in [1.29, 1.82) is 0 Å². The molecule has 2 rings (SSSR count). The van der Waals surface area contributed by atoms with Gasteiger partial charge in [-0.2, -0.15) is 5.10 Å². The Hall–Kier alpha value is -1.82. The standard InChI is InChI=1S/C12H15N3O2S/c1-9-4-6-11(7-5-9)14-18(16,17)12-8-13-15(3)10(12)2/h4-8,14H,1-3H3. The molecule has 0 fully saturated rings. The highest BCUT2D eigenvalue weighted by Crippen LogP contribution is 2.18. The Labute approximate surface area is 107 Å². The number of rotatable bonds is 3. The Morgan fingerprint density at radius 2 is 1.78 bits per heavy atom. The molecule has 0 radical (unpaired) electrons. The second-order valence-electron chi connectivity index (χ2n) is 4.19. The van der Waals surface area contributed by atoms with E-state index in [-0.39, 0.29) is 4.90 Å². The lowest BCUT2D eigenvalue weighted by Crippen LogP contribution is -2.13. The molecule has 6 heteroatoms. The molecular weight excluding hydrogens is 250 g/mol. The molecular formula is C12H15N3O2S. The highest BCUT2D eigenvalue weighted by molar-refractivity contribution is 7.92. The predicted octanol–water partition coefficient (Wildman–Crippen LogP) is 1.84. The molecule has 1 N–H and O–H groups in total. The van der Waals surface area contributed by atoms with Gasteiger partial charge in [0.15, 0.2) is 0 Å². The molecule has 0 aliphatic carbocycles. The van der Waals surface area contributed by atoms with E-state index in [1.165, 1.54) is 10.9 Å². The monoisotopic (exact) mass is 265 g/mol. The van der Waals surface area contributed by atoms with Gasteiger partial charge >= 0.3 is 0 Å². The molecule has 1 heterocycles. The summed E-state index contributed by atoms with van der Waals surface area (Å²) >= 11 is 0. The molecule has 0 amide bonds. The van der Waals surface area contributed by atoms with Crippen molar-refractivity contribution in [3.05, 3.63) is 41.7 Å². The van der Waals surface area contributed by atoms with Gasteiger partial charge in [0.2, 0.25) is 0 Å². The van der Waals surface area contributed by atoms with Crippen LogP contribution in [0.15, 0.2) is 35.4 Å². The molecule has 0 unspecified atom stereocenters. The van der Waals surface area contributed by atoms with Gasteiger partial charge in [-0.05, 0) is 26.0 Å². The summed E-state index contributed by atoms with van der Waals surface area (Å²) in [6.07, 6.45) is 1.35. The fourth-order valence-corrected chi connectivity index (χ4v) is 2.84. The van der Waals surface area contributed by atoms with E-state index in [1.807, 2.05) is 19.1 Å². The first-order chi connectivity index (χ1) is 8.40. The first-order valence-corrected chi connectivity index (χ1v) is 6.96. The average molecular weight is 265 g/mol. The van der Waals surface area contributed by atoms with Crippen LogP contribution in [0.4, 0.5) is 5.69 Å². The van der Waals surface area contributed by atoms with Crippen molar-refractivity contribution in [3.8, 4) is 0 Å². The van der Waals surface area contributed by atoms with E-state index in [9.17, 15) is 8.42 Å². The Balaban J connectivity index is 2.33. The quantitative estimate of drug-likeness (QED) is 0.921. The van der Waals surface area contributed by atoms with Crippen molar-refractivity contribution in [1.82, 2.24) is 9.78 Å².